The van der Waals surface area contributed by atoms with Crippen LogP contribution < -0.4 is 0 Å². The molecule has 0 heterocycles. The van der Waals surface area contributed by atoms with Crippen LogP contribution in [-0.2, 0) is 6.42 Å². The van der Waals surface area contributed by atoms with Gasteiger partial charge in [0.1, 0.15) is 0 Å². The Hall–Kier alpha value is -1.04. The fraction of sp³-hybridized carbons (Fsp3) is 0.529. The van der Waals surface area contributed by atoms with E-state index < -0.39 is 0 Å². The predicted molar refractivity (Wildman–Crippen MR) is 73.0 cm³/mol. The van der Waals surface area contributed by atoms with Crippen LogP contribution in [0.15, 0.2) is 36.4 Å². The minimum Gasteiger partial charge on any atom is -0.0993 e. The Morgan fingerprint density at radius 2 is 1.94 bits per heavy atom. The van der Waals surface area contributed by atoms with Crippen molar-refractivity contribution in [3.05, 3.63) is 47.5 Å². The lowest BCUT2D eigenvalue weighted by Crippen LogP contribution is -2.08. The van der Waals surface area contributed by atoms with E-state index in [0.29, 0.717) is 0 Å². The van der Waals surface area contributed by atoms with Crippen molar-refractivity contribution in [2.45, 2.75) is 39.0 Å². The first-order chi connectivity index (χ1) is 8.24. The Kier molecular flexibility index (Phi) is 2.82. The van der Waals surface area contributed by atoms with E-state index in [0.717, 1.165) is 17.8 Å². The van der Waals surface area contributed by atoms with Gasteiger partial charge in [-0.25, -0.2) is 0 Å². The smallest absolute Gasteiger partial charge is 0.0163 e. The van der Waals surface area contributed by atoms with Crippen molar-refractivity contribution in [2.75, 3.05) is 0 Å². The van der Waals surface area contributed by atoms with Crippen molar-refractivity contribution < 1.29 is 0 Å². The SMILES string of the molecule is C=C1[C@@H](Cc2ccc(C)cc2)CCCC2C[C@@H]12. The van der Waals surface area contributed by atoms with Crippen LogP contribution in [0.1, 0.15) is 36.8 Å². The predicted octanol–water partition coefficient (Wildman–Crippen LogP) is 4.53. The maximum Gasteiger partial charge on any atom is -0.0163 e. The summed E-state index contributed by atoms with van der Waals surface area (Å²) < 4.78 is 0. The molecular weight excluding hydrogens is 204 g/mol. The molecule has 90 valence electrons. The summed E-state index contributed by atoms with van der Waals surface area (Å²) in [6.45, 7) is 6.55. The fourth-order valence-corrected chi connectivity index (χ4v) is 3.38. The van der Waals surface area contributed by atoms with Gasteiger partial charge in [-0.15, -0.1) is 0 Å². The molecule has 2 aliphatic rings. The van der Waals surface area contributed by atoms with Crippen molar-refractivity contribution in [1.29, 1.82) is 0 Å². The highest BCUT2D eigenvalue weighted by molar-refractivity contribution is 5.25. The van der Waals surface area contributed by atoms with E-state index in [1.807, 2.05) is 0 Å². The summed E-state index contributed by atoms with van der Waals surface area (Å²) in [5, 5.41) is 0. The van der Waals surface area contributed by atoms with Gasteiger partial charge in [0.2, 0.25) is 0 Å². The lowest BCUT2D eigenvalue weighted by molar-refractivity contribution is 0.525. The molecule has 1 aromatic rings. The van der Waals surface area contributed by atoms with E-state index in [9.17, 15) is 0 Å². The zero-order valence-electron chi connectivity index (χ0n) is 10.8. The average Bonchev–Trinajstić information content (AvgIpc) is 3.09. The molecule has 1 aromatic carbocycles. The van der Waals surface area contributed by atoms with E-state index in [4.69, 9.17) is 0 Å². The van der Waals surface area contributed by atoms with Crippen LogP contribution in [0.25, 0.3) is 0 Å². The lowest BCUT2D eigenvalue weighted by atomic mass is 9.87. The summed E-state index contributed by atoms with van der Waals surface area (Å²) in [5.74, 6) is 2.63. The van der Waals surface area contributed by atoms with Gasteiger partial charge in [-0.05, 0) is 55.9 Å². The standard InChI is InChI=1S/C17H22/c1-12-6-8-14(9-7-12)10-15-4-3-5-16-11-17(16)13(15)2/h6-9,15-17H,2-5,10-11H2,1H3/t15-,16?,17+/m1/s1. The zero-order chi connectivity index (χ0) is 11.8. The molecule has 0 bridgehead atoms. The van der Waals surface area contributed by atoms with E-state index in [1.165, 1.54) is 43.2 Å². The molecule has 2 fully saturated rings. The van der Waals surface area contributed by atoms with Crippen molar-refractivity contribution in [3.8, 4) is 0 Å². The summed E-state index contributed by atoms with van der Waals surface area (Å²) in [6, 6.07) is 9.04. The summed E-state index contributed by atoms with van der Waals surface area (Å²) >= 11 is 0. The third-order valence-electron chi connectivity index (χ3n) is 4.65. The van der Waals surface area contributed by atoms with Crippen LogP contribution in [-0.4, -0.2) is 0 Å². The molecule has 0 radical (unpaired) electrons. The van der Waals surface area contributed by atoms with Gasteiger partial charge in [0.15, 0.2) is 0 Å². The Labute approximate surface area is 105 Å². The van der Waals surface area contributed by atoms with Crippen molar-refractivity contribution in [3.63, 3.8) is 0 Å². The average molecular weight is 226 g/mol. The number of allylic oxidation sites excluding steroid dienone is 1. The molecule has 0 heteroatoms. The molecule has 2 aliphatic carbocycles. The number of fused-ring (bicyclic) bond motifs is 1. The van der Waals surface area contributed by atoms with E-state index in [-0.39, 0.29) is 0 Å². The second-order valence-corrected chi connectivity index (χ2v) is 5.99. The Morgan fingerprint density at radius 3 is 2.71 bits per heavy atom. The molecule has 0 nitrogen and oxygen atoms in total. The first-order valence-electron chi connectivity index (χ1n) is 6.98. The van der Waals surface area contributed by atoms with Gasteiger partial charge in [-0.2, -0.15) is 0 Å². The second kappa shape index (κ2) is 4.33. The minimum atomic E-state index is 0.746. The molecule has 0 amide bonds. The number of aryl methyl sites for hydroxylation is 1. The maximum absolute atomic E-state index is 4.39. The quantitative estimate of drug-likeness (QED) is 0.650. The molecule has 0 aliphatic heterocycles. The molecule has 1 unspecified atom stereocenters. The molecule has 0 N–H and O–H groups in total. The molecule has 2 saturated carbocycles. The van der Waals surface area contributed by atoms with Crippen molar-refractivity contribution in [2.24, 2.45) is 17.8 Å². The van der Waals surface area contributed by atoms with Gasteiger partial charge < -0.3 is 0 Å². The molecule has 3 rings (SSSR count). The summed E-state index contributed by atoms with van der Waals surface area (Å²) in [7, 11) is 0. The molecule has 3 atom stereocenters. The molecule has 0 spiro atoms. The van der Waals surface area contributed by atoms with Crippen molar-refractivity contribution >= 4 is 0 Å². The monoisotopic (exact) mass is 226 g/mol. The number of hydrogen-bond donors (Lipinski definition) is 0. The van der Waals surface area contributed by atoms with Crippen LogP contribution in [0.3, 0.4) is 0 Å². The van der Waals surface area contributed by atoms with Gasteiger partial charge in [-0.3, -0.25) is 0 Å². The van der Waals surface area contributed by atoms with Gasteiger partial charge in [0.25, 0.3) is 0 Å². The highest BCUT2D eigenvalue weighted by Crippen LogP contribution is 2.52. The fourth-order valence-electron chi connectivity index (χ4n) is 3.38. The highest BCUT2D eigenvalue weighted by atomic mass is 14.5. The Morgan fingerprint density at radius 1 is 1.18 bits per heavy atom. The van der Waals surface area contributed by atoms with Gasteiger partial charge in [0, 0.05) is 0 Å². The maximum atomic E-state index is 4.39. The van der Waals surface area contributed by atoms with Gasteiger partial charge in [0.05, 0.1) is 0 Å². The van der Waals surface area contributed by atoms with Crippen LogP contribution in [0.2, 0.25) is 0 Å². The minimum absolute atomic E-state index is 0.746. The summed E-state index contributed by atoms with van der Waals surface area (Å²) in [5.41, 5.74) is 4.41. The van der Waals surface area contributed by atoms with Crippen LogP contribution in [0.4, 0.5) is 0 Å². The molecule has 0 aromatic heterocycles. The molecule has 0 saturated heterocycles. The van der Waals surface area contributed by atoms with Crippen LogP contribution >= 0.6 is 0 Å². The van der Waals surface area contributed by atoms with Gasteiger partial charge in [-0.1, -0.05) is 48.4 Å². The first kappa shape index (κ1) is 11.1. The number of benzene rings is 1. The second-order valence-electron chi connectivity index (χ2n) is 5.99. The highest BCUT2D eigenvalue weighted by Gasteiger charge is 2.42. The van der Waals surface area contributed by atoms with E-state index >= 15 is 0 Å². The summed E-state index contributed by atoms with van der Waals surface area (Å²) in [6.07, 6.45) is 6.87. The lowest BCUT2D eigenvalue weighted by Gasteiger charge is -2.18. The topological polar surface area (TPSA) is 0 Å². The normalized spacial score (nSPS) is 31.8. The van der Waals surface area contributed by atoms with E-state index in [2.05, 4.69) is 37.8 Å². The third-order valence-corrected chi connectivity index (χ3v) is 4.65. The Bertz CT molecular complexity index is 412. The number of hydrogen-bond acceptors (Lipinski definition) is 0. The molecule has 17 heavy (non-hydrogen) atoms. The Balaban J connectivity index is 1.71. The first-order valence-corrected chi connectivity index (χ1v) is 6.98. The van der Waals surface area contributed by atoms with Crippen LogP contribution in [0, 0.1) is 24.7 Å². The van der Waals surface area contributed by atoms with Crippen LogP contribution in [0.5, 0.6) is 0 Å². The van der Waals surface area contributed by atoms with Gasteiger partial charge >= 0.3 is 0 Å². The third kappa shape index (κ3) is 2.31. The number of rotatable bonds is 2. The van der Waals surface area contributed by atoms with Crippen molar-refractivity contribution in [1.82, 2.24) is 0 Å². The van der Waals surface area contributed by atoms with E-state index in [1.54, 1.807) is 5.57 Å². The molecular formula is C17H22. The summed E-state index contributed by atoms with van der Waals surface area (Å²) in [4.78, 5) is 0. The zero-order valence-corrected chi connectivity index (χ0v) is 10.8. The largest absolute Gasteiger partial charge is 0.0993 e.